The zero-order chi connectivity index (χ0) is 14.7. The third-order valence-electron chi connectivity index (χ3n) is 2.76. The number of methoxy groups -OCH3 is 1. The van der Waals surface area contributed by atoms with Crippen LogP contribution in [0.25, 0.3) is 0 Å². The van der Waals surface area contributed by atoms with Crippen LogP contribution in [0.4, 0.5) is 0 Å². The molecule has 2 rings (SSSR count). The summed E-state index contributed by atoms with van der Waals surface area (Å²) in [6, 6.07) is 3.72. The van der Waals surface area contributed by atoms with E-state index in [0.29, 0.717) is 0 Å². The number of rotatable bonds is 4. The quantitative estimate of drug-likeness (QED) is 0.650. The van der Waals surface area contributed by atoms with Crippen molar-refractivity contribution in [1.29, 1.82) is 0 Å². The van der Waals surface area contributed by atoms with E-state index in [1.807, 2.05) is 0 Å². The molecule has 2 aromatic rings. The van der Waals surface area contributed by atoms with Crippen LogP contribution < -0.4 is 0 Å². The standard InChI is InChI=1S/C14H12O6/c1-19-12(17)5-9-4-10(15)6-11(16)13(9)14(18)8-2-3-20-7-8/h2-4,6-7,15-16H,5H2,1H3. The lowest BCUT2D eigenvalue weighted by molar-refractivity contribution is -0.139. The molecule has 20 heavy (non-hydrogen) atoms. The average molecular weight is 276 g/mol. The van der Waals surface area contributed by atoms with E-state index in [1.54, 1.807) is 0 Å². The number of furan rings is 1. The Balaban J connectivity index is 2.50. The summed E-state index contributed by atoms with van der Waals surface area (Å²) in [7, 11) is 1.21. The first-order valence-corrected chi connectivity index (χ1v) is 5.71. The lowest BCUT2D eigenvalue weighted by Gasteiger charge is -2.10. The van der Waals surface area contributed by atoms with Gasteiger partial charge in [0, 0.05) is 6.07 Å². The van der Waals surface area contributed by atoms with Crippen molar-refractivity contribution in [2.75, 3.05) is 7.11 Å². The van der Waals surface area contributed by atoms with E-state index < -0.39 is 17.5 Å². The molecule has 0 saturated carbocycles. The van der Waals surface area contributed by atoms with E-state index in [0.717, 1.165) is 6.07 Å². The van der Waals surface area contributed by atoms with Crippen molar-refractivity contribution >= 4 is 11.8 Å². The Morgan fingerprint density at radius 3 is 2.65 bits per heavy atom. The first kappa shape index (κ1) is 13.7. The number of ketones is 1. The van der Waals surface area contributed by atoms with Crippen LogP contribution in [-0.4, -0.2) is 29.1 Å². The number of ether oxygens (including phenoxy) is 1. The number of aromatic hydroxyl groups is 2. The number of phenols is 2. The predicted molar refractivity (Wildman–Crippen MR) is 67.6 cm³/mol. The number of carbonyl (C=O) groups is 2. The molecule has 0 saturated heterocycles. The molecule has 2 N–H and O–H groups in total. The number of benzene rings is 1. The fraction of sp³-hybridized carbons (Fsp3) is 0.143. The van der Waals surface area contributed by atoms with Crippen LogP contribution in [0.15, 0.2) is 35.1 Å². The minimum absolute atomic E-state index is 0.0606. The van der Waals surface area contributed by atoms with Gasteiger partial charge in [-0.2, -0.15) is 0 Å². The molecule has 0 aliphatic heterocycles. The third-order valence-corrected chi connectivity index (χ3v) is 2.76. The van der Waals surface area contributed by atoms with Gasteiger partial charge in [0.05, 0.1) is 30.9 Å². The van der Waals surface area contributed by atoms with Gasteiger partial charge in [0.2, 0.25) is 0 Å². The number of esters is 1. The Morgan fingerprint density at radius 2 is 2.05 bits per heavy atom. The maximum atomic E-state index is 12.3. The summed E-state index contributed by atoms with van der Waals surface area (Å²) in [4.78, 5) is 23.6. The van der Waals surface area contributed by atoms with E-state index in [4.69, 9.17) is 4.42 Å². The fourth-order valence-electron chi connectivity index (χ4n) is 1.84. The van der Waals surface area contributed by atoms with Crippen LogP contribution in [0.1, 0.15) is 21.5 Å². The highest BCUT2D eigenvalue weighted by Gasteiger charge is 2.21. The molecule has 1 heterocycles. The van der Waals surface area contributed by atoms with Crippen molar-refractivity contribution in [3.05, 3.63) is 47.4 Å². The van der Waals surface area contributed by atoms with Crippen molar-refractivity contribution in [2.45, 2.75) is 6.42 Å². The molecule has 0 spiro atoms. The first-order chi connectivity index (χ1) is 9.52. The summed E-state index contributed by atoms with van der Waals surface area (Å²) < 4.78 is 9.35. The summed E-state index contributed by atoms with van der Waals surface area (Å²) in [6.07, 6.45) is 2.32. The molecule has 6 nitrogen and oxygen atoms in total. The van der Waals surface area contributed by atoms with Gasteiger partial charge in [-0.15, -0.1) is 0 Å². The van der Waals surface area contributed by atoms with E-state index >= 15 is 0 Å². The van der Waals surface area contributed by atoms with Gasteiger partial charge < -0.3 is 19.4 Å². The van der Waals surface area contributed by atoms with Crippen LogP contribution in [0.5, 0.6) is 11.5 Å². The lowest BCUT2D eigenvalue weighted by Crippen LogP contribution is -2.11. The molecule has 1 aromatic carbocycles. The van der Waals surface area contributed by atoms with Crippen molar-refractivity contribution in [3.8, 4) is 11.5 Å². The smallest absolute Gasteiger partial charge is 0.310 e. The zero-order valence-electron chi connectivity index (χ0n) is 10.6. The van der Waals surface area contributed by atoms with E-state index in [-0.39, 0.29) is 28.9 Å². The Bertz CT molecular complexity index is 642. The van der Waals surface area contributed by atoms with Gasteiger partial charge in [-0.05, 0) is 17.7 Å². The number of hydrogen-bond donors (Lipinski definition) is 2. The minimum atomic E-state index is -0.587. The minimum Gasteiger partial charge on any atom is -0.508 e. The second-order valence-corrected chi connectivity index (χ2v) is 4.09. The van der Waals surface area contributed by atoms with E-state index in [1.165, 1.54) is 31.8 Å². The molecule has 1 aromatic heterocycles. The summed E-state index contributed by atoms with van der Waals surface area (Å²) in [5, 5.41) is 19.3. The lowest BCUT2D eigenvalue weighted by atomic mass is 9.96. The molecule has 104 valence electrons. The van der Waals surface area contributed by atoms with Gasteiger partial charge in [-0.25, -0.2) is 0 Å². The molecule has 0 aliphatic carbocycles. The highest BCUT2D eigenvalue weighted by molar-refractivity contribution is 6.12. The number of hydrogen-bond acceptors (Lipinski definition) is 6. The number of phenolic OH excluding ortho intramolecular Hbond substituents is 2. The summed E-state index contributed by atoms with van der Waals surface area (Å²) >= 11 is 0. The Kier molecular flexibility index (Phi) is 3.74. The molecule has 0 amide bonds. The van der Waals surface area contributed by atoms with Crippen molar-refractivity contribution < 1.29 is 29.0 Å². The maximum absolute atomic E-state index is 12.3. The Hall–Kier alpha value is -2.76. The number of carbonyl (C=O) groups excluding carboxylic acids is 2. The van der Waals surface area contributed by atoms with E-state index in [9.17, 15) is 19.8 Å². The molecule has 6 heteroatoms. The highest BCUT2D eigenvalue weighted by atomic mass is 16.5. The second-order valence-electron chi connectivity index (χ2n) is 4.09. The molecular weight excluding hydrogens is 264 g/mol. The van der Waals surface area contributed by atoms with Crippen molar-refractivity contribution in [1.82, 2.24) is 0 Å². The summed E-state index contributed by atoms with van der Waals surface area (Å²) in [6.45, 7) is 0. The predicted octanol–water partition coefficient (Wildman–Crippen LogP) is 1.64. The summed E-state index contributed by atoms with van der Waals surface area (Å²) in [5.41, 5.74) is 0.354. The van der Waals surface area contributed by atoms with Crippen LogP contribution in [0, 0.1) is 0 Å². The van der Waals surface area contributed by atoms with Crippen LogP contribution >= 0.6 is 0 Å². The van der Waals surface area contributed by atoms with Crippen LogP contribution in [-0.2, 0) is 16.0 Å². The SMILES string of the molecule is COC(=O)Cc1cc(O)cc(O)c1C(=O)c1ccoc1. The topological polar surface area (TPSA) is 97.0 Å². The van der Waals surface area contributed by atoms with Gasteiger partial charge in [-0.1, -0.05) is 0 Å². The molecule has 0 radical (unpaired) electrons. The monoisotopic (exact) mass is 276 g/mol. The van der Waals surface area contributed by atoms with Crippen LogP contribution in [0.3, 0.4) is 0 Å². The van der Waals surface area contributed by atoms with Crippen LogP contribution in [0.2, 0.25) is 0 Å². The van der Waals surface area contributed by atoms with E-state index in [2.05, 4.69) is 4.74 Å². The van der Waals surface area contributed by atoms with Crippen molar-refractivity contribution in [2.24, 2.45) is 0 Å². The third kappa shape index (κ3) is 2.64. The molecule has 0 bridgehead atoms. The molecule has 0 atom stereocenters. The normalized spacial score (nSPS) is 10.2. The largest absolute Gasteiger partial charge is 0.508 e. The maximum Gasteiger partial charge on any atom is 0.310 e. The second kappa shape index (κ2) is 5.48. The summed E-state index contributed by atoms with van der Waals surface area (Å²) in [5.74, 6) is -1.74. The van der Waals surface area contributed by atoms with Gasteiger partial charge in [0.25, 0.3) is 0 Å². The molecule has 0 fully saturated rings. The molecule has 0 unspecified atom stereocenters. The zero-order valence-corrected chi connectivity index (χ0v) is 10.6. The first-order valence-electron chi connectivity index (χ1n) is 5.71. The average Bonchev–Trinajstić information content (AvgIpc) is 2.91. The van der Waals surface area contributed by atoms with Gasteiger partial charge in [-0.3, -0.25) is 9.59 Å². The molecule has 0 aliphatic rings. The molecular formula is C14H12O6. The highest BCUT2D eigenvalue weighted by Crippen LogP contribution is 2.30. The van der Waals surface area contributed by atoms with Crippen molar-refractivity contribution in [3.63, 3.8) is 0 Å². The van der Waals surface area contributed by atoms with Gasteiger partial charge in [0.1, 0.15) is 17.8 Å². The van der Waals surface area contributed by atoms with Gasteiger partial charge in [0.15, 0.2) is 5.78 Å². The van der Waals surface area contributed by atoms with Gasteiger partial charge >= 0.3 is 5.97 Å². The Morgan fingerprint density at radius 1 is 1.30 bits per heavy atom. The Labute approximate surface area is 114 Å². The fourth-order valence-corrected chi connectivity index (χ4v) is 1.84.